The van der Waals surface area contributed by atoms with Crippen molar-refractivity contribution in [3.63, 3.8) is 0 Å². The number of likely N-dealkylation sites (tertiary alicyclic amines) is 1. The molecule has 2 atom stereocenters. The van der Waals surface area contributed by atoms with Crippen LogP contribution in [0, 0.1) is 11.2 Å². The van der Waals surface area contributed by atoms with E-state index in [1.165, 1.54) is 6.07 Å². The predicted octanol–water partition coefficient (Wildman–Crippen LogP) is 3.85. The summed E-state index contributed by atoms with van der Waals surface area (Å²) in [6.07, 6.45) is 3.11. The Morgan fingerprint density at radius 3 is 2.81 bits per heavy atom. The molecule has 0 aromatic heterocycles. The molecule has 0 radical (unpaired) electrons. The molecule has 1 aromatic carbocycles. The molecule has 0 spiro atoms. The zero-order chi connectivity index (χ0) is 15.5. The summed E-state index contributed by atoms with van der Waals surface area (Å²) in [5.41, 5.74) is 0.311. The molecule has 0 amide bonds. The average molecular weight is 293 g/mol. The molecule has 1 N–H and O–H groups in total. The molecule has 1 aliphatic heterocycles. The Morgan fingerprint density at radius 1 is 1.48 bits per heavy atom. The van der Waals surface area contributed by atoms with E-state index >= 15 is 0 Å². The Balaban J connectivity index is 2.19. The normalized spacial score (nSPS) is 24.1. The van der Waals surface area contributed by atoms with Crippen molar-refractivity contribution in [2.75, 3.05) is 13.1 Å². The van der Waals surface area contributed by atoms with E-state index in [2.05, 4.69) is 11.8 Å². The quantitative estimate of drug-likeness (QED) is 0.866. The van der Waals surface area contributed by atoms with Crippen molar-refractivity contribution < 1.29 is 14.3 Å². The molecule has 0 bridgehead atoms. The lowest BCUT2D eigenvalue weighted by Crippen LogP contribution is -2.35. The van der Waals surface area contributed by atoms with Crippen LogP contribution in [-0.4, -0.2) is 29.1 Å². The Bertz CT molecular complexity index is 505. The first-order chi connectivity index (χ1) is 10.0. The minimum absolute atomic E-state index is 0.0961. The zero-order valence-corrected chi connectivity index (χ0v) is 12.8. The molecule has 0 aliphatic carbocycles. The van der Waals surface area contributed by atoms with Crippen LogP contribution in [0.2, 0.25) is 0 Å². The number of halogens is 1. The number of nitrogens with zero attached hydrogens (tertiary/aromatic N) is 1. The van der Waals surface area contributed by atoms with Gasteiger partial charge in [-0.15, -0.1) is 0 Å². The number of benzene rings is 1. The highest BCUT2D eigenvalue weighted by molar-refractivity contribution is 5.75. The second kappa shape index (κ2) is 6.56. The summed E-state index contributed by atoms with van der Waals surface area (Å²) in [6.45, 7) is 5.42. The van der Waals surface area contributed by atoms with Crippen LogP contribution in [0.25, 0.3) is 0 Å². The highest BCUT2D eigenvalue weighted by Gasteiger charge is 2.45. The Labute approximate surface area is 125 Å². The second-order valence-corrected chi connectivity index (χ2v) is 6.04. The van der Waals surface area contributed by atoms with E-state index in [4.69, 9.17) is 0 Å². The summed E-state index contributed by atoms with van der Waals surface area (Å²) < 4.78 is 13.4. The lowest BCUT2D eigenvalue weighted by molar-refractivity contribution is -0.148. The number of aliphatic carboxylic acids is 1. The van der Waals surface area contributed by atoms with Gasteiger partial charge in [-0.25, -0.2) is 4.39 Å². The first-order valence-corrected chi connectivity index (χ1v) is 7.75. The maximum atomic E-state index is 13.4. The van der Waals surface area contributed by atoms with Crippen molar-refractivity contribution in [1.82, 2.24) is 4.90 Å². The first kappa shape index (κ1) is 16.0. The van der Waals surface area contributed by atoms with Crippen molar-refractivity contribution in [2.45, 2.75) is 45.6 Å². The first-order valence-electron chi connectivity index (χ1n) is 7.75. The average Bonchev–Trinajstić information content (AvgIpc) is 2.86. The summed E-state index contributed by atoms with van der Waals surface area (Å²) in [5.74, 6) is -0.927. The van der Waals surface area contributed by atoms with Gasteiger partial charge in [-0.05, 0) is 43.5 Å². The van der Waals surface area contributed by atoms with E-state index in [1.807, 2.05) is 13.0 Å². The minimum atomic E-state index is -0.694. The van der Waals surface area contributed by atoms with E-state index < -0.39 is 11.4 Å². The maximum Gasteiger partial charge on any atom is 0.310 e. The predicted molar refractivity (Wildman–Crippen MR) is 80.6 cm³/mol. The molecule has 0 saturated carbocycles. The number of rotatable bonds is 6. The molecule has 21 heavy (non-hydrogen) atoms. The van der Waals surface area contributed by atoms with Crippen LogP contribution in [0.5, 0.6) is 0 Å². The van der Waals surface area contributed by atoms with Crippen LogP contribution in [0.3, 0.4) is 0 Å². The molecule has 1 fully saturated rings. The third kappa shape index (κ3) is 3.26. The van der Waals surface area contributed by atoms with Crippen LogP contribution in [0.1, 0.15) is 51.1 Å². The molecule has 2 rings (SSSR count). The van der Waals surface area contributed by atoms with E-state index in [0.717, 1.165) is 24.9 Å². The minimum Gasteiger partial charge on any atom is -0.481 e. The molecule has 3 nitrogen and oxygen atoms in total. The summed E-state index contributed by atoms with van der Waals surface area (Å²) in [4.78, 5) is 13.9. The number of hydrogen-bond acceptors (Lipinski definition) is 2. The van der Waals surface area contributed by atoms with E-state index in [-0.39, 0.29) is 11.9 Å². The van der Waals surface area contributed by atoms with Crippen LogP contribution in [0.4, 0.5) is 4.39 Å². The fraction of sp³-hybridized carbons (Fsp3) is 0.588. The van der Waals surface area contributed by atoms with E-state index in [0.29, 0.717) is 19.4 Å². The molecule has 1 aromatic rings. The van der Waals surface area contributed by atoms with Gasteiger partial charge in [-0.1, -0.05) is 32.4 Å². The Hall–Kier alpha value is -1.42. The molecule has 116 valence electrons. The topological polar surface area (TPSA) is 40.5 Å². The van der Waals surface area contributed by atoms with Gasteiger partial charge in [-0.2, -0.15) is 0 Å². The third-order valence-electron chi connectivity index (χ3n) is 4.63. The lowest BCUT2D eigenvalue weighted by Gasteiger charge is -2.30. The molecular formula is C17H24FNO2. The van der Waals surface area contributed by atoms with Crippen LogP contribution < -0.4 is 0 Å². The fourth-order valence-corrected chi connectivity index (χ4v) is 3.55. The number of carbonyl (C=O) groups is 1. The van der Waals surface area contributed by atoms with Crippen molar-refractivity contribution in [3.05, 3.63) is 35.6 Å². The highest BCUT2D eigenvalue weighted by Crippen LogP contribution is 2.40. The summed E-state index contributed by atoms with van der Waals surface area (Å²) >= 11 is 0. The highest BCUT2D eigenvalue weighted by atomic mass is 19.1. The fourth-order valence-electron chi connectivity index (χ4n) is 3.55. The lowest BCUT2D eigenvalue weighted by atomic mass is 9.82. The van der Waals surface area contributed by atoms with Crippen molar-refractivity contribution >= 4 is 5.97 Å². The smallest absolute Gasteiger partial charge is 0.310 e. The number of hydrogen-bond donors (Lipinski definition) is 1. The molecule has 1 heterocycles. The Kier molecular flexibility index (Phi) is 4.99. The molecular weight excluding hydrogens is 269 g/mol. The van der Waals surface area contributed by atoms with E-state index in [1.54, 1.807) is 12.1 Å². The second-order valence-electron chi connectivity index (χ2n) is 6.04. The van der Waals surface area contributed by atoms with Gasteiger partial charge in [0.25, 0.3) is 0 Å². The van der Waals surface area contributed by atoms with E-state index in [9.17, 15) is 14.3 Å². The molecule has 1 aliphatic rings. The number of carboxylic acid groups (broad SMARTS) is 1. The van der Waals surface area contributed by atoms with Gasteiger partial charge in [0.2, 0.25) is 0 Å². The summed E-state index contributed by atoms with van der Waals surface area (Å²) in [6, 6.07) is 6.75. The Morgan fingerprint density at radius 2 is 2.24 bits per heavy atom. The van der Waals surface area contributed by atoms with Crippen molar-refractivity contribution in [1.29, 1.82) is 0 Å². The van der Waals surface area contributed by atoms with Gasteiger partial charge >= 0.3 is 5.97 Å². The van der Waals surface area contributed by atoms with Crippen molar-refractivity contribution in [2.24, 2.45) is 5.41 Å². The standard InChI is InChI=1S/C17H24FNO2/c1-3-8-17(16(20)21)9-10-19(12-17)15(4-2)13-6-5-7-14(18)11-13/h5-7,11,15H,3-4,8-10,12H2,1-2H3,(H,20,21). The van der Waals surface area contributed by atoms with Gasteiger partial charge in [0.05, 0.1) is 5.41 Å². The van der Waals surface area contributed by atoms with Gasteiger partial charge < -0.3 is 5.11 Å². The van der Waals surface area contributed by atoms with Crippen LogP contribution in [-0.2, 0) is 4.79 Å². The third-order valence-corrected chi connectivity index (χ3v) is 4.63. The monoisotopic (exact) mass is 293 g/mol. The maximum absolute atomic E-state index is 13.4. The van der Waals surface area contributed by atoms with Gasteiger partial charge in [0.1, 0.15) is 5.82 Å². The van der Waals surface area contributed by atoms with Gasteiger partial charge in [-0.3, -0.25) is 9.69 Å². The summed E-state index contributed by atoms with van der Waals surface area (Å²) in [5, 5.41) is 9.60. The zero-order valence-electron chi connectivity index (χ0n) is 12.8. The summed E-state index contributed by atoms with van der Waals surface area (Å²) in [7, 11) is 0. The van der Waals surface area contributed by atoms with Crippen LogP contribution >= 0.6 is 0 Å². The molecule has 2 unspecified atom stereocenters. The number of carboxylic acids is 1. The molecule has 1 saturated heterocycles. The molecule has 4 heteroatoms. The van der Waals surface area contributed by atoms with Crippen LogP contribution in [0.15, 0.2) is 24.3 Å². The largest absolute Gasteiger partial charge is 0.481 e. The van der Waals surface area contributed by atoms with Crippen molar-refractivity contribution in [3.8, 4) is 0 Å². The van der Waals surface area contributed by atoms with Gasteiger partial charge in [0, 0.05) is 12.6 Å². The van der Waals surface area contributed by atoms with Gasteiger partial charge in [0.15, 0.2) is 0 Å². The SMILES string of the molecule is CCCC1(C(=O)O)CCN(C(CC)c2cccc(F)c2)C1.